The van der Waals surface area contributed by atoms with E-state index in [1.54, 1.807) is 0 Å². The molecule has 0 spiro atoms. The van der Waals surface area contributed by atoms with E-state index in [1.165, 1.54) is 11.1 Å². The van der Waals surface area contributed by atoms with E-state index in [9.17, 15) is 5.11 Å². The molecule has 0 heterocycles. The van der Waals surface area contributed by atoms with Gasteiger partial charge in [-0.2, -0.15) is 0 Å². The third-order valence-electron chi connectivity index (χ3n) is 5.64. The quantitative estimate of drug-likeness (QED) is 0.475. The fourth-order valence-corrected chi connectivity index (χ4v) is 3.37. The Morgan fingerprint density at radius 2 is 0.933 bits per heavy atom. The molecule has 0 saturated heterocycles. The molecule has 0 fully saturated rings. The predicted octanol–water partition coefficient (Wildman–Crippen LogP) is 9.36. The van der Waals surface area contributed by atoms with E-state index in [4.69, 9.17) is 5.32 Å². The van der Waals surface area contributed by atoms with E-state index < -0.39 is 0 Å². The number of hydrogen-bond acceptors (Lipinski definition) is 0. The average Bonchev–Trinajstić information content (AvgIpc) is 2.52. The second kappa shape index (κ2) is 7.62. The van der Waals surface area contributed by atoms with Crippen LogP contribution >= 0.6 is 0 Å². The summed E-state index contributed by atoms with van der Waals surface area (Å²) in [5, 5.41) is 18.3. The van der Waals surface area contributed by atoms with Crippen LogP contribution in [0.1, 0.15) is 105 Å². The summed E-state index contributed by atoms with van der Waals surface area (Å²) in [6.45, 7) is 26.1. The normalized spacial score (nSPS) is 13.5. The number of hydrogen-bond donors (Lipinski definition) is 0. The Morgan fingerprint density at radius 3 is 1.30 bits per heavy atom. The maximum atomic E-state index is 13.4. The Kier molecular flexibility index (Phi) is 6.18. The Morgan fingerprint density at radius 1 is 0.533 bits per heavy atom. The van der Waals surface area contributed by atoms with Gasteiger partial charge in [-0.3, -0.25) is 5.11 Å². The lowest BCUT2D eigenvalue weighted by atomic mass is 9.79. The molecule has 2 aromatic rings. The van der Waals surface area contributed by atoms with Crippen molar-refractivity contribution in [3.8, 4) is 5.75 Å². The Hall–Kier alpha value is -1.96. The standard InChI is InChI=1S/C28H41NO/c1-25(2,3)18-13-19(26(4,5)6)15-21(14-18)29-23-17-20(27(7,8)9)16-22(24(23)30)28(10,11)12/h13-17H,1-12H3/q-1. The molecule has 2 nitrogen and oxygen atoms in total. The molecule has 30 heavy (non-hydrogen) atoms. The first-order valence-corrected chi connectivity index (χ1v) is 11.0. The third kappa shape index (κ3) is 5.59. The molecule has 2 heteroatoms. The van der Waals surface area contributed by atoms with E-state index in [-0.39, 0.29) is 27.4 Å². The van der Waals surface area contributed by atoms with Crippen LogP contribution in [0.5, 0.6) is 5.75 Å². The molecule has 0 amide bonds. The zero-order valence-corrected chi connectivity index (χ0v) is 21.2. The lowest BCUT2D eigenvalue weighted by Crippen LogP contribution is -2.16. The summed E-state index contributed by atoms with van der Waals surface area (Å²) in [4.78, 5) is 0. The average molecular weight is 408 g/mol. The summed E-state index contributed by atoms with van der Waals surface area (Å²) < 4.78 is 0. The van der Waals surface area contributed by atoms with Crippen LogP contribution in [0.25, 0.3) is 5.32 Å². The number of rotatable bonds is 2. The lowest BCUT2D eigenvalue weighted by Gasteiger charge is -2.34. The van der Waals surface area contributed by atoms with Gasteiger partial charge in [0.05, 0.1) is 0 Å². The first-order chi connectivity index (χ1) is 13.3. The highest BCUT2D eigenvalue weighted by Crippen LogP contribution is 2.47. The van der Waals surface area contributed by atoms with Crippen molar-refractivity contribution in [3.63, 3.8) is 0 Å². The molecule has 0 unspecified atom stereocenters. The van der Waals surface area contributed by atoms with Crippen LogP contribution in [0.2, 0.25) is 0 Å². The Bertz CT molecular complexity index is 878. The van der Waals surface area contributed by atoms with Crippen LogP contribution < -0.4 is 0 Å². The van der Waals surface area contributed by atoms with Crippen LogP contribution in [-0.2, 0) is 26.8 Å². The second-order valence-electron chi connectivity index (χ2n) is 12.8. The number of nitrogens with zero attached hydrogens (tertiary/aromatic N) is 1. The van der Waals surface area contributed by atoms with Crippen LogP contribution in [0.3, 0.4) is 0 Å². The van der Waals surface area contributed by atoms with Gasteiger partial charge in [-0.15, -0.1) is 5.69 Å². The molecule has 2 aromatic carbocycles. The Balaban J connectivity index is 2.70. The molecule has 1 radical (unpaired) electrons. The summed E-state index contributed by atoms with van der Waals surface area (Å²) in [6.07, 6.45) is 0. The van der Waals surface area contributed by atoms with Gasteiger partial charge in [0.2, 0.25) is 0 Å². The zero-order chi connectivity index (χ0) is 23.3. The molecule has 0 aliphatic carbocycles. The third-order valence-corrected chi connectivity index (χ3v) is 5.64. The summed E-state index contributed by atoms with van der Waals surface area (Å²) in [5.74, 6) is 0.0361. The predicted molar refractivity (Wildman–Crippen MR) is 130 cm³/mol. The van der Waals surface area contributed by atoms with Gasteiger partial charge in [-0.25, -0.2) is 0 Å². The van der Waals surface area contributed by atoms with Crippen LogP contribution in [0.15, 0.2) is 30.3 Å². The van der Waals surface area contributed by atoms with Gasteiger partial charge < -0.3 is 5.32 Å². The van der Waals surface area contributed by atoms with Crippen molar-refractivity contribution in [3.05, 3.63) is 57.9 Å². The first-order valence-electron chi connectivity index (χ1n) is 11.0. The van der Waals surface area contributed by atoms with E-state index in [0.29, 0.717) is 5.69 Å². The molecule has 0 aliphatic heterocycles. The van der Waals surface area contributed by atoms with Gasteiger partial charge >= 0.3 is 0 Å². The molecule has 0 saturated carbocycles. The molecule has 0 bridgehead atoms. The van der Waals surface area contributed by atoms with E-state index in [0.717, 1.165) is 16.8 Å². The van der Waals surface area contributed by atoms with Crippen molar-refractivity contribution in [2.45, 2.75) is 105 Å². The maximum absolute atomic E-state index is 13.4. The second-order valence-corrected chi connectivity index (χ2v) is 12.8. The highest BCUT2D eigenvalue weighted by molar-refractivity contribution is 5.76. The molecular formula is C28H41NO-. The summed E-state index contributed by atoms with van der Waals surface area (Å²) in [5.41, 5.74) is 5.59. The maximum Gasteiger partial charge on any atom is 0.167 e. The highest BCUT2D eigenvalue weighted by Gasteiger charge is 2.24. The van der Waals surface area contributed by atoms with E-state index >= 15 is 0 Å². The van der Waals surface area contributed by atoms with E-state index in [1.807, 2.05) is 6.07 Å². The fourth-order valence-electron chi connectivity index (χ4n) is 3.37. The number of benzene rings is 2. The highest BCUT2D eigenvalue weighted by atomic mass is 16.3. The smallest absolute Gasteiger partial charge is 0.167 e. The van der Waals surface area contributed by atoms with Crippen LogP contribution in [0, 0.1) is 0 Å². The van der Waals surface area contributed by atoms with Crippen molar-refractivity contribution >= 4 is 11.4 Å². The largest absolute Gasteiger partial charge is 0.655 e. The molecule has 0 atom stereocenters. The molecular weight excluding hydrogens is 366 g/mol. The van der Waals surface area contributed by atoms with Crippen molar-refractivity contribution in [2.75, 3.05) is 0 Å². The van der Waals surface area contributed by atoms with Gasteiger partial charge in [0.25, 0.3) is 0 Å². The van der Waals surface area contributed by atoms with Gasteiger partial charge in [-0.05, 0) is 38.4 Å². The van der Waals surface area contributed by atoms with Crippen molar-refractivity contribution in [1.29, 1.82) is 0 Å². The minimum absolute atomic E-state index is 0.00958. The van der Waals surface area contributed by atoms with Crippen molar-refractivity contribution in [1.82, 2.24) is 0 Å². The molecule has 0 N–H and O–H groups in total. The fraction of sp³-hybridized carbons (Fsp3) is 0.571. The lowest BCUT2D eigenvalue weighted by molar-refractivity contribution is 0.343. The van der Waals surface area contributed by atoms with E-state index in [2.05, 4.69) is 107 Å². The molecule has 0 aliphatic rings. The van der Waals surface area contributed by atoms with Gasteiger partial charge in [0, 0.05) is 5.56 Å². The molecule has 2 rings (SSSR count). The minimum atomic E-state index is -0.230. The Labute approximate surface area is 185 Å². The van der Waals surface area contributed by atoms with Crippen LogP contribution in [-0.4, -0.2) is 0 Å². The van der Waals surface area contributed by atoms with Crippen molar-refractivity contribution < 1.29 is 5.11 Å². The first kappa shape index (κ1) is 24.3. The molecule has 165 valence electrons. The van der Waals surface area contributed by atoms with Crippen LogP contribution in [0.4, 0.5) is 11.4 Å². The topological polar surface area (TPSA) is 34.0 Å². The van der Waals surface area contributed by atoms with Crippen molar-refractivity contribution in [2.24, 2.45) is 0 Å². The summed E-state index contributed by atoms with van der Waals surface area (Å²) >= 11 is 0. The minimum Gasteiger partial charge on any atom is -0.655 e. The summed E-state index contributed by atoms with van der Waals surface area (Å²) in [6, 6.07) is 10.6. The molecule has 0 aromatic heterocycles. The SMILES string of the molecule is CC(C)(C)c1cc([N-]c2cc(C(C)(C)C)cc(C(C)(C)C)c2[O])cc(C(C)(C)C)c1. The van der Waals surface area contributed by atoms with Gasteiger partial charge in [-0.1, -0.05) is 119 Å². The monoisotopic (exact) mass is 407 g/mol. The summed E-state index contributed by atoms with van der Waals surface area (Å²) in [7, 11) is 0. The van der Waals surface area contributed by atoms with Gasteiger partial charge in [0.1, 0.15) is 0 Å². The van der Waals surface area contributed by atoms with Gasteiger partial charge in [0.15, 0.2) is 5.75 Å². The zero-order valence-electron chi connectivity index (χ0n) is 21.2.